The summed E-state index contributed by atoms with van der Waals surface area (Å²) in [7, 11) is -1.35. The molecule has 0 aliphatic carbocycles. The van der Waals surface area contributed by atoms with Crippen LogP contribution in [0.15, 0.2) is 0 Å². The Labute approximate surface area is 107 Å². The van der Waals surface area contributed by atoms with Crippen molar-refractivity contribution in [3.05, 3.63) is 11.4 Å². The zero-order chi connectivity index (χ0) is 13.8. The predicted octanol–water partition coefficient (Wildman–Crippen LogP) is 0.0962. The molecule has 0 fully saturated rings. The van der Waals surface area contributed by atoms with Gasteiger partial charge in [0.2, 0.25) is 10.0 Å². The molecule has 0 amide bonds. The van der Waals surface area contributed by atoms with Gasteiger partial charge in [-0.25, -0.2) is 23.1 Å². The van der Waals surface area contributed by atoms with Crippen molar-refractivity contribution in [3.63, 3.8) is 0 Å². The number of nitrogens with one attached hydrogen (secondary N) is 3. The molecule has 0 unspecified atom stereocenters. The lowest BCUT2D eigenvalue weighted by Crippen LogP contribution is -2.28. The molecule has 0 bridgehead atoms. The van der Waals surface area contributed by atoms with Gasteiger partial charge in [-0.2, -0.15) is 0 Å². The molecule has 1 aromatic rings. The molecule has 0 aromatic carbocycles. The van der Waals surface area contributed by atoms with E-state index in [9.17, 15) is 8.42 Å². The summed E-state index contributed by atoms with van der Waals surface area (Å²) in [6.45, 7) is 4.49. The number of nitrogens with zero attached hydrogens (tertiary/aromatic N) is 2. The van der Waals surface area contributed by atoms with Crippen molar-refractivity contribution >= 4 is 21.7 Å². The van der Waals surface area contributed by atoms with Crippen LogP contribution < -0.4 is 15.4 Å². The van der Waals surface area contributed by atoms with Gasteiger partial charge in [-0.05, 0) is 13.8 Å². The fraction of sp³-hybridized carbons (Fsp3) is 0.600. The number of rotatable bonds is 6. The van der Waals surface area contributed by atoms with E-state index in [0.29, 0.717) is 24.7 Å². The number of sulfonamides is 1. The molecule has 0 aliphatic rings. The fourth-order valence-electron chi connectivity index (χ4n) is 1.46. The molecule has 8 heteroatoms. The second-order valence-electron chi connectivity index (χ2n) is 3.94. The minimum atomic E-state index is -3.14. The maximum Gasteiger partial charge on any atom is 0.208 e. The Hall–Kier alpha value is -1.41. The van der Waals surface area contributed by atoms with Gasteiger partial charge in [0, 0.05) is 25.7 Å². The summed E-state index contributed by atoms with van der Waals surface area (Å²) in [5, 5.41) is 6.07. The molecule has 3 N–H and O–H groups in total. The second-order valence-corrected chi connectivity index (χ2v) is 5.77. The Bertz CT molecular complexity index is 515. The molecule has 1 heterocycles. The smallest absolute Gasteiger partial charge is 0.208 e. The molecule has 0 spiro atoms. The van der Waals surface area contributed by atoms with E-state index >= 15 is 0 Å². The van der Waals surface area contributed by atoms with Crippen molar-refractivity contribution in [2.45, 2.75) is 13.8 Å². The first-order chi connectivity index (χ1) is 8.33. The third kappa shape index (κ3) is 4.46. The van der Waals surface area contributed by atoms with Crippen molar-refractivity contribution in [1.82, 2.24) is 14.7 Å². The highest BCUT2D eigenvalue weighted by Crippen LogP contribution is 2.18. The largest absolute Gasteiger partial charge is 0.373 e. The SMILES string of the molecule is CNc1nc(C)nc(NCCNS(C)(=O)=O)c1C. The average molecular weight is 273 g/mol. The Kier molecular flexibility index (Phi) is 4.85. The van der Waals surface area contributed by atoms with E-state index in [0.717, 1.165) is 17.6 Å². The summed E-state index contributed by atoms with van der Waals surface area (Å²) in [4.78, 5) is 8.52. The van der Waals surface area contributed by atoms with Gasteiger partial charge in [0.1, 0.15) is 17.5 Å². The third-order valence-electron chi connectivity index (χ3n) is 2.28. The molecule has 0 radical (unpaired) electrons. The van der Waals surface area contributed by atoms with Crippen LogP contribution in [-0.2, 0) is 10.0 Å². The fourth-order valence-corrected chi connectivity index (χ4v) is 1.93. The van der Waals surface area contributed by atoms with Gasteiger partial charge in [0.15, 0.2) is 0 Å². The number of aromatic nitrogens is 2. The van der Waals surface area contributed by atoms with E-state index in [1.54, 1.807) is 14.0 Å². The van der Waals surface area contributed by atoms with Gasteiger partial charge >= 0.3 is 0 Å². The van der Waals surface area contributed by atoms with Gasteiger partial charge < -0.3 is 10.6 Å². The van der Waals surface area contributed by atoms with Crippen molar-refractivity contribution in [2.24, 2.45) is 0 Å². The van der Waals surface area contributed by atoms with Crippen LogP contribution in [0.4, 0.5) is 11.6 Å². The summed E-state index contributed by atoms with van der Waals surface area (Å²) in [6.07, 6.45) is 1.13. The minimum absolute atomic E-state index is 0.316. The van der Waals surface area contributed by atoms with Crippen LogP contribution in [0.25, 0.3) is 0 Å². The standard InChI is InChI=1S/C10H19N5O2S/c1-7-9(11-3)14-8(2)15-10(7)12-5-6-13-18(4,16)17/h13H,5-6H2,1-4H3,(H2,11,12,14,15). The molecule has 7 nitrogen and oxygen atoms in total. The van der Waals surface area contributed by atoms with Crippen molar-refractivity contribution in [2.75, 3.05) is 37.0 Å². The molecule has 0 atom stereocenters. The van der Waals surface area contributed by atoms with Crippen LogP contribution in [0.2, 0.25) is 0 Å². The maximum atomic E-state index is 10.9. The predicted molar refractivity (Wildman–Crippen MR) is 72.4 cm³/mol. The quantitative estimate of drug-likeness (QED) is 0.636. The Balaban J connectivity index is 2.65. The Morgan fingerprint density at radius 3 is 2.28 bits per heavy atom. The summed E-state index contributed by atoms with van der Waals surface area (Å²) in [6, 6.07) is 0. The van der Waals surface area contributed by atoms with E-state index in [4.69, 9.17) is 0 Å². The zero-order valence-electron chi connectivity index (χ0n) is 11.0. The molecular weight excluding hydrogens is 254 g/mol. The molecule has 102 valence electrons. The highest BCUT2D eigenvalue weighted by Gasteiger charge is 2.07. The van der Waals surface area contributed by atoms with Crippen LogP contribution in [0.5, 0.6) is 0 Å². The van der Waals surface area contributed by atoms with Gasteiger partial charge in [-0.15, -0.1) is 0 Å². The normalized spacial score (nSPS) is 11.3. The number of hydrogen-bond acceptors (Lipinski definition) is 6. The van der Waals surface area contributed by atoms with Crippen LogP contribution >= 0.6 is 0 Å². The topological polar surface area (TPSA) is 96.0 Å². The molecule has 0 saturated carbocycles. The van der Waals surface area contributed by atoms with E-state index in [1.165, 1.54) is 0 Å². The first-order valence-electron chi connectivity index (χ1n) is 5.55. The summed E-state index contributed by atoms with van der Waals surface area (Å²) < 4.78 is 24.2. The summed E-state index contributed by atoms with van der Waals surface area (Å²) >= 11 is 0. The number of aryl methyl sites for hydroxylation is 1. The van der Waals surface area contributed by atoms with Crippen molar-refractivity contribution in [3.8, 4) is 0 Å². The number of anilines is 2. The maximum absolute atomic E-state index is 10.9. The Morgan fingerprint density at radius 1 is 1.11 bits per heavy atom. The van der Waals surface area contributed by atoms with Crippen LogP contribution in [0.3, 0.4) is 0 Å². The monoisotopic (exact) mass is 273 g/mol. The molecule has 1 rings (SSSR count). The van der Waals surface area contributed by atoms with E-state index in [-0.39, 0.29) is 0 Å². The third-order valence-corrected chi connectivity index (χ3v) is 3.00. The lowest BCUT2D eigenvalue weighted by Gasteiger charge is -2.12. The molecule has 0 aliphatic heterocycles. The van der Waals surface area contributed by atoms with Crippen LogP contribution in [0.1, 0.15) is 11.4 Å². The highest BCUT2D eigenvalue weighted by molar-refractivity contribution is 7.88. The van der Waals surface area contributed by atoms with E-state index in [2.05, 4.69) is 25.3 Å². The zero-order valence-corrected chi connectivity index (χ0v) is 11.8. The molecule has 0 saturated heterocycles. The van der Waals surface area contributed by atoms with Crippen molar-refractivity contribution < 1.29 is 8.42 Å². The lowest BCUT2D eigenvalue weighted by atomic mass is 10.3. The van der Waals surface area contributed by atoms with E-state index < -0.39 is 10.0 Å². The highest BCUT2D eigenvalue weighted by atomic mass is 32.2. The van der Waals surface area contributed by atoms with E-state index in [1.807, 2.05) is 6.92 Å². The minimum Gasteiger partial charge on any atom is -0.373 e. The summed E-state index contributed by atoms with van der Waals surface area (Å²) in [5.74, 6) is 2.13. The average Bonchev–Trinajstić information content (AvgIpc) is 2.27. The van der Waals surface area contributed by atoms with Gasteiger partial charge in [-0.3, -0.25) is 0 Å². The van der Waals surface area contributed by atoms with Crippen LogP contribution in [-0.4, -0.2) is 44.8 Å². The molecule has 18 heavy (non-hydrogen) atoms. The Morgan fingerprint density at radius 2 is 1.72 bits per heavy atom. The van der Waals surface area contributed by atoms with Gasteiger partial charge in [0.05, 0.1) is 6.26 Å². The summed E-state index contributed by atoms with van der Waals surface area (Å²) in [5.41, 5.74) is 0.905. The van der Waals surface area contributed by atoms with Gasteiger partial charge in [0.25, 0.3) is 0 Å². The lowest BCUT2D eigenvalue weighted by molar-refractivity contribution is 0.589. The second kappa shape index (κ2) is 5.96. The van der Waals surface area contributed by atoms with Crippen molar-refractivity contribution in [1.29, 1.82) is 0 Å². The van der Waals surface area contributed by atoms with Crippen LogP contribution in [0, 0.1) is 13.8 Å². The number of hydrogen-bond donors (Lipinski definition) is 3. The molecular formula is C10H19N5O2S. The first kappa shape index (κ1) is 14.7. The first-order valence-corrected chi connectivity index (χ1v) is 7.44. The van der Waals surface area contributed by atoms with Gasteiger partial charge in [-0.1, -0.05) is 0 Å². The molecule has 1 aromatic heterocycles.